The highest BCUT2D eigenvalue weighted by Gasteiger charge is 2.18. The van der Waals surface area contributed by atoms with Crippen LogP contribution in [0.4, 0.5) is 11.4 Å². The van der Waals surface area contributed by atoms with Gasteiger partial charge in [-0.1, -0.05) is 29.8 Å². The van der Waals surface area contributed by atoms with E-state index in [1.165, 1.54) is 6.07 Å². The number of hydrogen-bond acceptors (Lipinski definition) is 4. The first-order valence-corrected chi connectivity index (χ1v) is 6.59. The molecule has 0 saturated carbocycles. The lowest BCUT2D eigenvalue weighted by atomic mass is 10.1. The highest BCUT2D eigenvalue weighted by molar-refractivity contribution is 6.31. The van der Waals surface area contributed by atoms with Crippen molar-refractivity contribution in [2.45, 2.75) is 6.54 Å². The number of aldehydes is 1. The summed E-state index contributed by atoms with van der Waals surface area (Å²) in [4.78, 5) is 23.1. The van der Waals surface area contributed by atoms with Gasteiger partial charge in [0.25, 0.3) is 5.69 Å². The summed E-state index contributed by atoms with van der Waals surface area (Å²) in [6.07, 6.45) is 0.588. The molecule has 2 rings (SSSR count). The highest BCUT2D eigenvalue weighted by Crippen LogP contribution is 2.30. The van der Waals surface area contributed by atoms with E-state index in [1.54, 1.807) is 30.1 Å². The summed E-state index contributed by atoms with van der Waals surface area (Å²) >= 11 is 6.10. The standard InChI is InChI=1S/C15H13ClN2O3/c1-17(9-12-4-2-3-5-13(12)16)14-7-6-11(10-19)8-15(14)18(20)21/h2-8,10H,9H2,1H3. The van der Waals surface area contributed by atoms with Crippen molar-refractivity contribution in [3.63, 3.8) is 0 Å². The second-order valence-corrected chi connectivity index (χ2v) is 4.98. The molecule has 0 bridgehead atoms. The van der Waals surface area contributed by atoms with E-state index < -0.39 is 4.92 Å². The van der Waals surface area contributed by atoms with Gasteiger partial charge in [0.05, 0.1) is 4.92 Å². The fraction of sp³-hybridized carbons (Fsp3) is 0.133. The molecule has 108 valence electrons. The molecule has 0 atom stereocenters. The number of anilines is 1. The highest BCUT2D eigenvalue weighted by atomic mass is 35.5. The lowest BCUT2D eigenvalue weighted by Crippen LogP contribution is -2.18. The molecule has 0 aliphatic heterocycles. The van der Waals surface area contributed by atoms with Crippen LogP contribution in [0.5, 0.6) is 0 Å². The predicted molar refractivity (Wildman–Crippen MR) is 82.0 cm³/mol. The minimum atomic E-state index is -0.495. The maximum Gasteiger partial charge on any atom is 0.293 e. The first-order chi connectivity index (χ1) is 10.0. The van der Waals surface area contributed by atoms with Gasteiger partial charge in [-0.25, -0.2) is 0 Å². The van der Waals surface area contributed by atoms with Crippen LogP contribution in [0.1, 0.15) is 15.9 Å². The minimum Gasteiger partial charge on any atom is -0.365 e. The third kappa shape index (κ3) is 3.38. The Morgan fingerprint density at radius 3 is 2.62 bits per heavy atom. The average Bonchev–Trinajstić information content (AvgIpc) is 2.48. The second kappa shape index (κ2) is 6.37. The van der Waals surface area contributed by atoms with E-state index in [0.717, 1.165) is 5.56 Å². The number of benzene rings is 2. The second-order valence-electron chi connectivity index (χ2n) is 4.57. The van der Waals surface area contributed by atoms with Crippen molar-refractivity contribution >= 4 is 29.3 Å². The van der Waals surface area contributed by atoms with Crippen LogP contribution in [0.2, 0.25) is 5.02 Å². The number of nitro benzene ring substituents is 1. The van der Waals surface area contributed by atoms with E-state index in [9.17, 15) is 14.9 Å². The molecule has 0 N–H and O–H groups in total. The van der Waals surface area contributed by atoms with Gasteiger partial charge in [-0.15, -0.1) is 0 Å². The molecular weight excluding hydrogens is 292 g/mol. The molecule has 2 aromatic rings. The topological polar surface area (TPSA) is 63.5 Å². The molecule has 0 aliphatic carbocycles. The molecule has 0 aromatic heterocycles. The first-order valence-electron chi connectivity index (χ1n) is 6.21. The maximum atomic E-state index is 11.2. The lowest BCUT2D eigenvalue weighted by molar-refractivity contribution is -0.384. The van der Waals surface area contributed by atoms with E-state index in [4.69, 9.17) is 11.6 Å². The Balaban J connectivity index is 2.35. The fourth-order valence-corrected chi connectivity index (χ4v) is 2.25. The Kier molecular flexibility index (Phi) is 4.55. The van der Waals surface area contributed by atoms with Crippen molar-refractivity contribution < 1.29 is 9.72 Å². The molecule has 0 heterocycles. The van der Waals surface area contributed by atoms with Gasteiger partial charge >= 0.3 is 0 Å². The van der Waals surface area contributed by atoms with Crippen LogP contribution in [0.3, 0.4) is 0 Å². The zero-order valence-electron chi connectivity index (χ0n) is 11.3. The van der Waals surface area contributed by atoms with E-state index >= 15 is 0 Å². The molecule has 0 aliphatic rings. The molecule has 0 fully saturated rings. The van der Waals surface area contributed by atoms with Gasteiger partial charge in [-0.2, -0.15) is 0 Å². The van der Waals surface area contributed by atoms with Gasteiger partial charge in [0.15, 0.2) is 0 Å². The minimum absolute atomic E-state index is 0.103. The molecule has 0 radical (unpaired) electrons. The normalized spacial score (nSPS) is 10.2. The van der Waals surface area contributed by atoms with Gasteiger partial charge in [-0.05, 0) is 23.8 Å². The summed E-state index contributed by atoms with van der Waals surface area (Å²) < 4.78 is 0. The zero-order valence-corrected chi connectivity index (χ0v) is 12.1. The van der Waals surface area contributed by atoms with Crippen molar-refractivity contribution in [2.75, 3.05) is 11.9 Å². The molecule has 6 heteroatoms. The van der Waals surface area contributed by atoms with Crippen molar-refractivity contribution in [3.05, 3.63) is 68.7 Å². The SMILES string of the molecule is CN(Cc1ccccc1Cl)c1ccc(C=O)cc1[N+](=O)[O-]. The lowest BCUT2D eigenvalue weighted by Gasteiger charge is -2.20. The van der Waals surface area contributed by atoms with Crippen LogP contribution in [-0.4, -0.2) is 18.3 Å². The molecular formula is C15H13ClN2O3. The number of hydrogen-bond donors (Lipinski definition) is 0. The maximum absolute atomic E-state index is 11.2. The van der Waals surface area contributed by atoms with Gasteiger partial charge in [0.1, 0.15) is 12.0 Å². The third-order valence-electron chi connectivity index (χ3n) is 3.11. The number of nitro groups is 1. The van der Waals surface area contributed by atoms with Crippen LogP contribution >= 0.6 is 11.6 Å². The van der Waals surface area contributed by atoms with Crippen LogP contribution in [0.25, 0.3) is 0 Å². The Hall–Kier alpha value is -2.40. The Bertz CT molecular complexity index is 688. The third-order valence-corrected chi connectivity index (χ3v) is 3.48. The summed E-state index contributed by atoms with van der Waals surface area (Å²) in [5.74, 6) is 0. The Labute approximate surface area is 126 Å². The summed E-state index contributed by atoms with van der Waals surface area (Å²) in [7, 11) is 1.74. The molecule has 0 unspecified atom stereocenters. The van der Waals surface area contributed by atoms with Crippen molar-refractivity contribution in [1.82, 2.24) is 0 Å². The smallest absolute Gasteiger partial charge is 0.293 e. The fourth-order valence-electron chi connectivity index (χ4n) is 2.05. The van der Waals surface area contributed by atoms with E-state index in [1.807, 2.05) is 18.2 Å². The van der Waals surface area contributed by atoms with Gasteiger partial charge in [-0.3, -0.25) is 14.9 Å². The van der Waals surface area contributed by atoms with Crippen LogP contribution in [-0.2, 0) is 6.54 Å². The molecule has 5 nitrogen and oxygen atoms in total. The van der Waals surface area contributed by atoms with Gasteiger partial charge in [0.2, 0.25) is 0 Å². The van der Waals surface area contributed by atoms with Crippen LogP contribution < -0.4 is 4.90 Å². The van der Waals surface area contributed by atoms with Crippen molar-refractivity contribution in [2.24, 2.45) is 0 Å². The number of halogens is 1. The van der Waals surface area contributed by atoms with Crippen molar-refractivity contribution in [3.8, 4) is 0 Å². The predicted octanol–water partition coefficient (Wildman–Crippen LogP) is 3.70. The molecule has 0 spiro atoms. The summed E-state index contributed by atoms with van der Waals surface area (Å²) in [5, 5.41) is 11.8. The summed E-state index contributed by atoms with van der Waals surface area (Å²) in [6.45, 7) is 0.431. The number of carbonyl (C=O) groups is 1. The Morgan fingerprint density at radius 1 is 1.29 bits per heavy atom. The summed E-state index contributed by atoms with van der Waals surface area (Å²) in [5.41, 5.74) is 1.48. The van der Waals surface area contributed by atoms with Gasteiger partial charge < -0.3 is 4.90 Å². The van der Waals surface area contributed by atoms with E-state index in [2.05, 4.69) is 0 Å². The quantitative estimate of drug-likeness (QED) is 0.480. The van der Waals surface area contributed by atoms with E-state index in [-0.39, 0.29) is 11.3 Å². The molecule has 21 heavy (non-hydrogen) atoms. The van der Waals surface area contributed by atoms with E-state index in [0.29, 0.717) is 23.5 Å². The van der Waals surface area contributed by atoms with Crippen LogP contribution in [0.15, 0.2) is 42.5 Å². The average molecular weight is 305 g/mol. The Morgan fingerprint density at radius 2 is 2.00 bits per heavy atom. The molecule has 0 saturated heterocycles. The van der Waals surface area contributed by atoms with Crippen LogP contribution in [0, 0.1) is 10.1 Å². The number of rotatable bonds is 5. The summed E-state index contributed by atoms with van der Waals surface area (Å²) in [6, 6.07) is 11.7. The first kappa shape index (κ1) is 15.0. The largest absolute Gasteiger partial charge is 0.365 e. The van der Waals surface area contributed by atoms with Gasteiger partial charge in [0, 0.05) is 30.2 Å². The monoisotopic (exact) mass is 304 g/mol. The molecule has 2 aromatic carbocycles. The molecule has 0 amide bonds. The zero-order chi connectivity index (χ0) is 15.4. The van der Waals surface area contributed by atoms with Crippen molar-refractivity contribution in [1.29, 1.82) is 0 Å². The number of carbonyl (C=O) groups excluding carboxylic acids is 1. The number of nitrogens with zero attached hydrogens (tertiary/aromatic N) is 2.